The molecule has 0 radical (unpaired) electrons. The quantitative estimate of drug-likeness (QED) is 0.784. The molecule has 0 saturated heterocycles. The topological polar surface area (TPSA) is 50.1 Å². The standard InChI is InChI=1S/C16H13NO2/c17-11-10-14-8-4-5-9-15(14)16(18)19-12-13-6-2-1-3-7-13/h1-9H,10,12H2. The summed E-state index contributed by atoms with van der Waals surface area (Å²) < 4.78 is 5.25. The first-order chi connectivity index (χ1) is 9.31. The molecule has 0 fully saturated rings. The molecular weight excluding hydrogens is 238 g/mol. The zero-order valence-electron chi connectivity index (χ0n) is 10.4. The van der Waals surface area contributed by atoms with E-state index < -0.39 is 5.97 Å². The van der Waals surface area contributed by atoms with Gasteiger partial charge >= 0.3 is 5.97 Å². The van der Waals surface area contributed by atoms with Crippen LogP contribution in [0, 0.1) is 11.3 Å². The van der Waals surface area contributed by atoms with Gasteiger partial charge in [0.25, 0.3) is 0 Å². The highest BCUT2D eigenvalue weighted by molar-refractivity contribution is 5.91. The van der Waals surface area contributed by atoms with Gasteiger partial charge in [0.2, 0.25) is 0 Å². The summed E-state index contributed by atoms with van der Waals surface area (Å²) in [5.41, 5.74) is 2.09. The van der Waals surface area contributed by atoms with Crippen molar-refractivity contribution >= 4 is 5.97 Å². The number of ether oxygens (including phenoxy) is 1. The molecule has 2 aromatic carbocycles. The molecule has 0 N–H and O–H groups in total. The van der Waals surface area contributed by atoms with Gasteiger partial charge in [-0.2, -0.15) is 5.26 Å². The number of esters is 1. The average molecular weight is 251 g/mol. The van der Waals surface area contributed by atoms with Crippen molar-refractivity contribution in [1.82, 2.24) is 0 Å². The average Bonchev–Trinajstić information content (AvgIpc) is 2.47. The Morgan fingerprint density at radius 1 is 1.05 bits per heavy atom. The van der Waals surface area contributed by atoms with Crippen LogP contribution in [0.15, 0.2) is 54.6 Å². The molecule has 2 aromatic rings. The van der Waals surface area contributed by atoms with Gasteiger partial charge in [-0.25, -0.2) is 4.79 Å². The van der Waals surface area contributed by atoms with Crippen LogP contribution in [-0.4, -0.2) is 5.97 Å². The fraction of sp³-hybridized carbons (Fsp3) is 0.125. The lowest BCUT2D eigenvalue weighted by Gasteiger charge is -2.07. The van der Waals surface area contributed by atoms with Gasteiger partial charge in [-0.3, -0.25) is 0 Å². The molecule has 0 aliphatic carbocycles. The molecule has 0 aromatic heterocycles. The summed E-state index contributed by atoms with van der Waals surface area (Å²) in [5, 5.41) is 8.73. The van der Waals surface area contributed by atoms with Crippen LogP contribution in [0.5, 0.6) is 0 Å². The molecule has 0 aliphatic heterocycles. The highest BCUT2D eigenvalue weighted by Crippen LogP contribution is 2.12. The molecule has 2 rings (SSSR count). The Labute approximate surface area is 112 Å². The summed E-state index contributed by atoms with van der Waals surface area (Å²) in [6, 6.07) is 18.6. The molecule has 3 heteroatoms. The number of benzene rings is 2. The van der Waals surface area contributed by atoms with Gasteiger partial charge in [0.05, 0.1) is 18.1 Å². The number of carbonyl (C=O) groups is 1. The summed E-state index contributed by atoms with van der Waals surface area (Å²) in [5.74, 6) is -0.394. The number of rotatable bonds is 4. The zero-order chi connectivity index (χ0) is 13.5. The van der Waals surface area contributed by atoms with Crippen molar-refractivity contribution < 1.29 is 9.53 Å². The van der Waals surface area contributed by atoms with Crippen LogP contribution in [0.1, 0.15) is 21.5 Å². The van der Waals surface area contributed by atoms with Crippen LogP contribution in [0.4, 0.5) is 0 Å². The predicted molar refractivity (Wildman–Crippen MR) is 71.3 cm³/mol. The van der Waals surface area contributed by atoms with E-state index in [1.54, 1.807) is 24.3 Å². The number of nitriles is 1. The third-order valence-corrected chi connectivity index (χ3v) is 2.72. The normalized spacial score (nSPS) is 9.63. The van der Waals surface area contributed by atoms with Crippen molar-refractivity contribution in [2.75, 3.05) is 0 Å². The lowest BCUT2D eigenvalue weighted by atomic mass is 10.1. The molecule has 94 valence electrons. The van der Waals surface area contributed by atoms with Gasteiger partial charge in [0.1, 0.15) is 6.61 Å². The van der Waals surface area contributed by atoms with Gasteiger partial charge in [-0.05, 0) is 17.2 Å². The zero-order valence-corrected chi connectivity index (χ0v) is 10.4. The highest BCUT2D eigenvalue weighted by atomic mass is 16.5. The molecular formula is C16H13NO2. The maximum atomic E-state index is 12.0. The molecule has 0 atom stereocenters. The largest absolute Gasteiger partial charge is 0.457 e. The Kier molecular flexibility index (Phi) is 4.30. The number of hydrogen-bond acceptors (Lipinski definition) is 3. The first-order valence-electron chi connectivity index (χ1n) is 5.97. The second-order valence-corrected chi connectivity index (χ2v) is 4.05. The molecule has 3 nitrogen and oxygen atoms in total. The van der Waals surface area contributed by atoms with E-state index in [0.29, 0.717) is 11.1 Å². The van der Waals surface area contributed by atoms with Gasteiger partial charge in [0.15, 0.2) is 0 Å². The van der Waals surface area contributed by atoms with E-state index in [-0.39, 0.29) is 13.0 Å². The third kappa shape index (κ3) is 3.43. The van der Waals surface area contributed by atoms with Crippen LogP contribution in [0.3, 0.4) is 0 Å². The Hall–Kier alpha value is -2.60. The van der Waals surface area contributed by atoms with E-state index in [4.69, 9.17) is 10.00 Å². The molecule has 0 spiro atoms. The maximum Gasteiger partial charge on any atom is 0.338 e. The summed E-state index contributed by atoms with van der Waals surface area (Å²) in [6.45, 7) is 0.237. The molecule has 0 amide bonds. The van der Waals surface area contributed by atoms with Crippen LogP contribution in [-0.2, 0) is 17.8 Å². The molecule has 19 heavy (non-hydrogen) atoms. The maximum absolute atomic E-state index is 12.0. The minimum Gasteiger partial charge on any atom is -0.457 e. The first-order valence-corrected chi connectivity index (χ1v) is 5.97. The SMILES string of the molecule is N#CCc1ccccc1C(=O)OCc1ccccc1. The fourth-order valence-electron chi connectivity index (χ4n) is 1.76. The second-order valence-electron chi connectivity index (χ2n) is 4.05. The van der Waals surface area contributed by atoms with E-state index in [1.165, 1.54) is 0 Å². The van der Waals surface area contributed by atoms with Crippen LogP contribution >= 0.6 is 0 Å². The Balaban J connectivity index is 2.06. The van der Waals surface area contributed by atoms with Gasteiger partial charge in [0, 0.05) is 0 Å². The van der Waals surface area contributed by atoms with Crippen molar-refractivity contribution in [2.45, 2.75) is 13.0 Å². The molecule has 0 saturated carbocycles. The number of carbonyl (C=O) groups excluding carboxylic acids is 1. The van der Waals surface area contributed by atoms with Gasteiger partial charge in [-0.1, -0.05) is 48.5 Å². The third-order valence-electron chi connectivity index (χ3n) is 2.72. The van der Waals surface area contributed by atoms with Gasteiger partial charge in [-0.15, -0.1) is 0 Å². The van der Waals surface area contributed by atoms with Crippen LogP contribution < -0.4 is 0 Å². The van der Waals surface area contributed by atoms with E-state index in [2.05, 4.69) is 0 Å². The fourth-order valence-corrected chi connectivity index (χ4v) is 1.76. The first kappa shape index (κ1) is 12.8. The molecule has 0 aliphatic rings. The van der Waals surface area contributed by atoms with Crippen LogP contribution in [0.25, 0.3) is 0 Å². The second kappa shape index (κ2) is 6.36. The summed E-state index contributed by atoms with van der Waals surface area (Å²) in [6.07, 6.45) is 0.205. The minimum absolute atomic E-state index is 0.205. The number of hydrogen-bond donors (Lipinski definition) is 0. The smallest absolute Gasteiger partial charge is 0.338 e. The van der Waals surface area contributed by atoms with Crippen molar-refractivity contribution in [3.8, 4) is 6.07 Å². The summed E-state index contributed by atoms with van der Waals surface area (Å²) in [4.78, 5) is 12.0. The van der Waals surface area contributed by atoms with Crippen LogP contribution in [0.2, 0.25) is 0 Å². The Morgan fingerprint density at radius 3 is 2.47 bits per heavy atom. The van der Waals surface area contributed by atoms with E-state index in [9.17, 15) is 4.79 Å². The molecule has 0 heterocycles. The van der Waals surface area contributed by atoms with Crippen molar-refractivity contribution in [2.24, 2.45) is 0 Å². The van der Waals surface area contributed by atoms with Gasteiger partial charge < -0.3 is 4.74 Å². The van der Waals surface area contributed by atoms with Crippen molar-refractivity contribution in [3.63, 3.8) is 0 Å². The minimum atomic E-state index is -0.394. The van der Waals surface area contributed by atoms with E-state index in [1.807, 2.05) is 36.4 Å². The lowest BCUT2D eigenvalue weighted by molar-refractivity contribution is 0.0471. The molecule has 0 unspecified atom stereocenters. The Morgan fingerprint density at radius 2 is 1.74 bits per heavy atom. The summed E-state index contributed by atoms with van der Waals surface area (Å²) in [7, 11) is 0. The highest BCUT2D eigenvalue weighted by Gasteiger charge is 2.11. The molecule has 0 bridgehead atoms. The summed E-state index contributed by atoms with van der Waals surface area (Å²) >= 11 is 0. The van der Waals surface area contributed by atoms with Crippen molar-refractivity contribution in [3.05, 3.63) is 71.3 Å². The Bertz CT molecular complexity index is 600. The van der Waals surface area contributed by atoms with E-state index in [0.717, 1.165) is 5.56 Å². The monoisotopic (exact) mass is 251 g/mol. The predicted octanol–water partition coefficient (Wildman–Crippen LogP) is 3.11. The number of nitrogens with zero attached hydrogens (tertiary/aromatic N) is 1. The van der Waals surface area contributed by atoms with Crippen molar-refractivity contribution in [1.29, 1.82) is 5.26 Å². The van der Waals surface area contributed by atoms with E-state index >= 15 is 0 Å². The lowest BCUT2D eigenvalue weighted by Crippen LogP contribution is -2.08.